The van der Waals surface area contributed by atoms with Gasteiger partial charge in [0.2, 0.25) is 5.91 Å². The van der Waals surface area contributed by atoms with Crippen LogP contribution in [-0.2, 0) is 23.8 Å². The third kappa shape index (κ3) is 43.2. The normalized spacial score (nSPS) is 19.1. The highest BCUT2D eigenvalue weighted by atomic mass is 16.7. The van der Waals surface area contributed by atoms with E-state index in [9.17, 15) is 35.1 Å². The van der Waals surface area contributed by atoms with Crippen LogP contribution in [0, 0.1) is 0 Å². The fourth-order valence-electron chi connectivity index (χ4n) is 9.67. The summed E-state index contributed by atoms with van der Waals surface area (Å²) in [7, 11) is 0. The first-order valence-electron chi connectivity index (χ1n) is 31.4. The van der Waals surface area contributed by atoms with Gasteiger partial charge >= 0.3 is 5.97 Å². The van der Waals surface area contributed by atoms with Gasteiger partial charge in [0.05, 0.1) is 32.0 Å². The number of carbonyl (C=O) groups is 2. The van der Waals surface area contributed by atoms with Crippen molar-refractivity contribution in [1.29, 1.82) is 0 Å². The SMILES string of the molecule is CCCC/C=C\CCCCCCCC(=O)OCC/C=C\C/C=C\CCCCCCCCCCCCCCCCC(=O)NC(COC1OC(CO)C(O)C(O)C1O)C(O)/C=C/CCCCCCCCCCCCCCC. The molecule has 1 amide bonds. The van der Waals surface area contributed by atoms with Crippen LogP contribution in [0.4, 0.5) is 0 Å². The molecular formula is C64H117NO10. The van der Waals surface area contributed by atoms with Gasteiger partial charge in [-0.2, -0.15) is 0 Å². The number of hydrogen-bond acceptors (Lipinski definition) is 10. The first-order chi connectivity index (χ1) is 36.7. The van der Waals surface area contributed by atoms with Crippen molar-refractivity contribution < 1.29 is 49.3 Å². The largest absolute Gasteiger partial charge is 0.465 e. The number of aliphatic hydroxyl groups excluding tert-OH is 5. The van der Waals surface area contributed by atoms with Gasteiger partial charge in [0.25, 0.3) is 0 Å². The molecular weight excluding hydrogens is 943 g/mol. The summed E-state index contributed by atoms with van der Waals surface area (Å²) in [5.41, 5.74) is 0. The van der Waals surface area contributed by atoms with Gasteiger partial charge in [-0.15, -0.1) is 0 Å². The Morgan fingerprint density at radius 1 is 0.493 bits per heavy atom. The Hall–Kier alpha value is -2.38. The molecule has 75 heavy (non-hydrogen) atoms. The van der Waals surface area contributed by atoms with Crippen LogP contribution < -0.4 is 5.32 Å². The van der Waals surface area contributed by atoms with Gasteiger partial charge < -0.3 is 45.1 Å². The number of aliphatic hydroxyl groups is 5. The van der Waals surface area contributed by atoms with Gasteiger partial charge in [0.1, 0.15) is 24.4 Å². The van der Waals surface area contributed by atoms with Crippen molar-refractivity contribution in [3.8, 4) is 0 Å². The van der Waals surface area contributed by atoms with Gasteiger partial charge in [-0.25, -0.2) is 0 Å². The number of ether oxygens (including phenoxy) is 3. The highest BCUT2D eigenvalue weighted by Crippen LogP contribution is 2.23. The number of unbranched alkanes of at least 4 members (excludes halogenated alkanes) is 34. The number of hydrogen-bond donors (Lipinski definition) is 6. The van der Waals surface area contributed by atoms with E-state index in [1.807, 2.05) is 6.08 Å². The van der Waals surface area contributed by atoms with Crippen molar-refractivity contribution in [2.75, 3.05) is 19.8 Å². The molecule has 0 aromatic carbocycles. The molecule has 7 atom stereocenters. The summed E-state index contributed by atoms with van der Waals surface area (Å²) in [6.45, 7) is 4.20. The summed E-state index contributed by atoms with van der Waals surface area (Å²) in [6.07, 6.45) is 57.8. The summed E-state index contributed by atoms with van der Waals surface area (Å²) in [4.78, 5) is 25.0. The summed E-state index contributed by atoms with van der Waals surface area (Å²) < 4.78 is 16.7. The third-order valence-corrected chi connectivity index (χ3v) is 14.7. The highest BCUT2D eigenvalue weighted by molar-refractivity contribution is 5.76. The first kappa shape index (κ1) is 70.6. The Balaban J connectivity index is 2.11. The van der Waals surface area contributed by atoms with Crippen molar-refractivity contribution >= 4 is 11.9 Å². The zero-order chi connectivity index (χ0) is 54.5. The first-order valence-corrected chi connectivity index (χ1v) is 31.4. The van der Waals surface area contributed by atoms with Gasteiger partial charge in [-0.05, 0) is 70.6 Å². The maximum atomic E-state index is 13.1. The van der Waals surface area contributed by atoms with Crippen molar-refractivity contribution in [3.05, 3.63) is 48.6 Å². The standard InChI is InChI=1S/C64H117NO10/c1-3-5-7-9-11-13-15-16-24-27-31-34-38-42-46-50-57(67)56(55-74-64-63(72)62(71)61(70)58(54-66)75-64)65-59(68)51-47-43-39-35-32-28-25-22-20-18-17-19-21-23-26-29-33-37-41-45-49-53-73-60(69)52-48-44-40-36-30-14-12-10-8-6-4-2/h10,12,29,33,41,45-46,50,56-58,61-64,66-67,70-72H,3-9,11,13-28,30-32,34-40,42-44,47-49,51-55H2,1-2H3,(H,65,68)/b12-10-,33-29-,45-41-,50-46+. The molecule has 1 heterocycles. The third-order valence-electron chi connectivity index (χ3n) is 14.7. The minimum atomic E-state index is -1.57. The lowest BCUT2D eigenvalue weighted by molar-refractivity contribution is -0.302. The van der Waals surface area contributed by atoms with E-state index < -0.39 is 49.5 Å². The summed E-state index contributed by atoms with van der Waals surface area (Å²) in [5, 5.41) is 54.5. The molecule has 0 saturated carbocycles. The van der Waals surface area contributed by atoms with E-state index in [1.54, 1.807) is 6.08 Å². The molecule has 0 spiro atoms. The second kappa shape index (κ2) is 53.6. The van der Waals surface area contributed by atoms with Crippen molar-refractivity contribution in [2.45, 2.75) is 326 Å². The Bertz CT molecular complexity index is 1390. The number of amides is 1. The molecule has 438 valence electrons. The van der Waals surface area contributed by atoms with Crippen LogP contribution in [0.2, 0.25) is 0 Å². The maximum absolute atomic E-state index is 13.1. The lowest BCUT2D eigenvalue weighted by atomic mass is 9.99. The van der Waals surface area contributed by atoms with Crippen LogP contribution in [-0.4, -0.2) is 100 Å². The second-order valence-electron chi connectivity index (χ2n) is 21.8. The smallest absolute Gasteiger partial charge is 0.305 e. The monoisotopic (exact) mass is 1060 g/mol. The zero-order valence-corrected chi connectivity index (χ0v) is 48.3. The molecule has 0 radical (unpaired) electrons. The minimum Gasteiger partial charge on any atom is -0.465 e. The van der Waals surface area contributed by atoms with Gasteiger partial charge in [0.15, 0.2) is 6.29 Å². The van der Waals surface area contributed by atoms with Gasteiger partial charge in [0, 0.05) is 12.8 Å². The Kier molecular flexibility index (Phi) is 50.5. The lowest BCUT2D eigenvalue weighted by Crippen LogP contribution is -2.60. The van der Waals surface area contributed by atoms with Gasteiger partial charge in [-0.1, -0.05) is 249 Å². The molecule has 1 aliphatic rings. The summed E-state index contributed by atoms with van der Waals surface area (Å²) in [5.74, 6) is -0.245. The van der Waals surface area contributed by atoms with Crippen molar-refractivity contribution in [2.24, 2.45) is 0 Å². The van der Waals surface area contributed by atoms with E-state index >= 15 is 0 Å². The van der Waals surface area contributed by atoms with Crippen molar-refractivity contribution in [1.82, 2.24) is 5.32 Å². The molecule has 6 N–H and O–H groups in total. The van der Waals surface area contributed by atoms with Crippen LogP contribution in [0.5, 0.6) is 0 Å². The quantitative estimate of drug-likeness (QED) is 0.0195. The van der Waals surface area contributed by atoms with Crippen LogP contribution in [0.15, 0.2) is 48.6 Å². The number of nitrogens with one attached hydrogen (secondary N) is 1. The molecule has 0 aromatic rings. The number of rotatable bonds is 54. The predicted octanol–water partition coefficient (Wildman–Crippen LogP) is 14.8. The van der Waals surface area contributed by atoms with Crippen molar-refractivity contribution in [3.63, 3.8) is 0 Å². The van der Waals surface area contributed by atoms with E-state index in [0.717, 1.165) is 70.6 Å². The molecule has 11 heteroatoms. The fourth-order valence-corrected chi connectivity index (χ4v) is 9.67. The Morgan fingerprint density at radius 3 is 1.40 bits per heavy atom. The van der Waals surface area contributed by atoms with E-state index in [2.05, 4.69) is 55.6 Å². The lowest BCUT2D eigenvalue weighted by Gasteiger charge is -2.40. The molecule has 0 bridgehead atoms. The minimum absolute atomic E-state index is 0.0597. The number of allylic oxidation sites excluding steroid dienone is 6. The second-order valence-corrected chi connectivity index (χ2v) is 21.8. The van der Waals surface area contributed by atoms with E-state index in [0.29, 0.717) is 19.4 Å². The Morgan fingerprint density at radius 2 is 0.907 bits per heavy atom. The van der Waals surface area contributed by atoms with E-state index in [-0.39, 0.29) is 18.5 Å². The topological polar surface area (TPSA) is 175 Å². The fraction of sp³-hybridized carbons (Fsp3) is 0.844. The summed E-state index contributed by atoms with van der Waals surface area (Å²) >= 11 is 0. The molecule has 0 aromatic heterocycles. The van der Waals surface area contributed by atoms with E-state index in [1.165, 1.54) is 186 Å². The number of carbonyl (C=O) groups excluding carboxylic acids is 2. The highest BCUT2D eigenvalue weighted by Gasteiger charge is 2.44. The molecule has 11 nitrogen and oxygen atoms in total. The number of esters is 1. The molecule has 1 aliphatic heterocycles. The average Bonchev–Trinajstić information content (AvgIpc) is 3.41. The molecule has 1 fully saturated rings. The molecule has 0 aliphatic carbocycles. The van der Waals surface area contributed by atoms with Gasteiger partial charge in [-0.3, -0.25) is 9.59 Å². The zero-order valence-electron chi connectivity index (χ0n) is 48.3. The molecule has 1 saturated heterocycles. The van der Waals surface area contributed by atoms with E-state index in [4.69, 9.17) is 14.2 Å². The van der Waals surface area contributed by atoms with Crippen LogP contribution in [0.1, 0.15) is 284 Å². The van der Waals surface area contributed by atoms with Crippen LogP contribution >= 0.6 is 0 Å². The predicted molar refractivity (Wildman–Crippen MR) is 310 cm³/mol. The summed E-state index contributed by atoms with van der Waals surface area (Å²) in [6, 6.07) is -0.815. The molecule has 7 unspecified atom stereocenters. The van der Waals surface area contributed by atoms with Crippen LogP contribution in [0.3, 0.4) is 0 Å². The maximum Gasteiger partial charge on any atom is 0.305 e. The van der Waals surface area contributed by atoms with Crippen LogP contribution in [0.25, 0.3) is 0 Å². The average molecular weight is 1060 g/mol. The molecule has 1 rings (SSSR count). The Labute approximate surface area is 459 Å².